The number of nitrogens with zero attached hydrogens (tertiary/aromatic N) is 2. The van der Waals surface area contributed by atoms with Crippen LogP contribution in [-0.4, -0.2) is 26.5 Å². The minimum atomic E-state index is -3.94. The molecule has 0 radical (unpaired) electrons. The predicted octanol–water partition coefficient (Wildman–Crippen LogP) is 3.45. The van der Waals surface area contributed by atoms with Gasteiger partial charge in [-0.05, 0) is 55.2 Å². The molecule has 1 aliphatic heterocycles. The van der Waals surface area contributed by atoms with Crippen LogP contribution >= 0.6 is 15.9 Å². The van der Waals surface area contributed by atoms with Gasteiger partial charge in [0.25, 0.3) is 0 Å². The van der Waals surface area contributed by atoms with Crippen molar-refractivity contribution in [3.05, 3.63) is 52.4 Å². The lowest BCUT2D eigenvalue weighted by molar-refractivity contribution is 0.556. The highest BCUT2D eigenvalue weighted by atomic mass is 79.9. The summed E-state index contributed by atoms with van der Waals surface area (Å²) in [5, 5.41) is 0. The number of hydrogen-bond donors (Lipinski definition) is 1. The van der Waals surface area contributed by atoms with Gasteiger partial charge in [0, 0.05) is 30.3 Å². The van der Waals surface area contributed by atoms with Gasteiger partial charge in [0.15, 0.2) is 0 Å². The molecule has 0 spiro atoms. The Balaban J connectivity index is 1.73. The SMILES string of the molecule is O=S(=O)(NCc1ccnc(N2CCCCC2)c1)c1cc(Br)ccc1F. The summed E-state index contributed by atoms with van der Waals surface area (Å²) < 4.78 is 41.5. The summed E-state index contributed by atoms with van der Waals surface area (Å²) in [6.07, 6.45) is 5.18. The van der Waals surface area contributed by atoms with Crippen molar-refractivity contribution in [2.75, 3.05) is 18.0 Å². The molecular formula is C17H19BrFN3O2S. The third-order valence-electron chi connectivity index (χ3n) is 4.14. The Hall–Kier alpha value is -1.51. The zero-order valence-electron chi connectivity index (χ0n) is 13.6. The van der Waals surface area contributed by atoms with Crippen LogP contribution in [0.5, 0.6) is 0 Å². The van der Waals surface area contributed by atoms with Gasteiger partial charge < -0.3 is 4.90 Å². The fourth-order valence-electron chi connectivity index (χ4n) is 2.81. The Morgan fingerprint density at radius 2 is 1.92 bits per heavy atom. The second-order valence-corrected chi connectivity index (χ2v) is 8.62. The fourth-order valence-corrected chi connectivity index (χ4v) is 4.44. The summed E-state index contributed by atoms with van der Waals surface area (Å²) in [5.74, 6) is 0.0736. The molecule has 0 saturated carbocycles. The molecule has 2 aromatic rings. The van der Waals surface area contributed by atoms with Crippen LogP contribution in [0.3, 0.4) is 0 Å². The van der Waals surface area contributed by atoms with Crippen LogP contribution in [0.4, 0.5) is 10.2 Å². The first-order valence-electron chi connectivity index (χ1n) is 8.10. The number of benzene rings is 1. The molecule has 5 nitrogen and oxygen atoms in total. The summed E-state index contributed by atoms with van der Waals surface area (Å²) in [4.78, 5) is 6.21. The van der Waals surface area contributed by atoms with Gasteiger partial charge in [0.2, 0.25) is 10.0 Å². The van der Waals surface area contributed by atoms with E-state index >= 15 is 0 Å². The number of sulfonamides is 1. The minimum Gasteiger partial charge on any atom is -0.357 e. The van der Waals surface area contributed by atoms with Gasteiger partial charge in [0.05, 0.1) is 0 Å². The number of pyridine rings is 1. The van der Waals surface area contributed by atoms with Gasteiger partial charge >= 0.3 is 0 Å². The molecular weight excluding hydrogens is 409 g/mol. The van der Waals surface area contributed by atoms with E-state index in [0.717, 1.165) is 43.4 Å². The maximum Gasteiger partial charge on any atom is 0.243 e. The Bertz CT molecular complexity index is 855. The first-order valence-corrected chi connectivity index (χ1v) is 10.4. The molecule has 1 N–H and O–H groups in total. The largest absolute Gasteiger partial charge is 0.357 e. The smallest absolute Gasteiger partial charge is 0.243 e. The molecule has 2 heterocycles. The second kappa shape index (κ2) is 7.80. The van der Waals surface area contributed by atoms with Crippen molar-refractivity contribution in [1.29, 1.82) is 0 Å². The van der Waals surface area contributed by atoms with Crippen LogP contribution < -0.4 is 9.62 Å². The van der Waals surface area contributed by atoms with E-state index in [4.69, 9.17) is 0 Å². The van der Waals surface area contributed by atoms with Gasteiger partial charge in [-0.15, -0.1) is 0 Å². The first-order chi connectivity index (χ1) is 12.0. The Kier molecular flexibility index (Phi) is 5.71. The lowest BCUT2D eigenvalue weighted by Gasteiger charge is -2.27. The molecule has 0 unspecified atom stereocenters. The second-order valence-electron chi connectivity index (χ2n) is 5.97. The van der Waals surface area contributed by atoms with E-state index in [-0.39, 0.29) is 11.4 Å². The van der Waals surface area contributed by atoms with Gasteiger partial charge in [-0.1, -0.05) is 15.9 Å². The van der Waals surface area contributed by atoms with E-state index < -0.39 is 15.8 Å². The highest BCUT2D eigenvalue weighted by Crippen LogP contribution is 2.21. The lowest BCUT2D eigenvalue weighted by atomic mass is 10.1. The van der Waals surface area contributed by atoms with E-state index in [2.05, 4.69) is 30.5 Å². The average molecular weight is 428 g/mol. The number of aromatic nitrogens is 1. The predicted molar refractivity (Wildman–Crippen MR) is 98.4 cm³/mol. The molecule has 1 aromatic heterocycles. The number of hydrogen-bond acceptors (Lipinski definition) is 4. The molecule has 1 aromatic carbocycles. The summed E-state index contributed by atoms with van der Waals surface area (Å²) >= 11 is 3.17. The van der Waals surface area contributed by atoms with Gasteiger partial charge in [-0.25, -0.2) is 22.5 Å². The summed E-state index contributed by atoms with van der Waals surface area (Å²) in [7, 11) is -3.94. The third kappa shape index (κ3) is 4.56. The highest BCUT2D eigenvalue weighted by Gasteiger charge is 2.19. The van der Waals surface area contributed by atoms with Crippen LogP contribution in [0.1, 0.15) is 24.8 Å². The molecule has 8 heteroatoms. The molecule has 0 bridgehead atoms. The van der Waals surface area contributed by atoms with Crippen LogP contribution in [0.2, 0.25) is 0 Å². The maximum atomic E-state index is 13.8. The number of halogens is 2. The van der Waals surface area contributed by atoms with Gasteiger partial charge in [-0.2, -0.15) is 0 Å². The van der Waals surface area contributed by atoms with E-state index in [0.29, 0.717) is 4.47 Å². The number of rotatable bonds is 5. The van der Waals surface area contributed by atoms with Crippen molar-refractivity contribution in [2.24, 2.45) is 0 Å². The van der Waals surface area contributed by atoms with Gasteiger partial charge in [-0.3, -0.25) is 0 Å². The normalized spacial score (nSPS) is 15.4. The third-order valence-corrected chi connectivity index (χ3v) is 6.05. The number of piperidine rings is 1. The zero-order valence-corrected chi connectivity index (χ0v) is 16.0. The topological polar surface area (TPSA) is 62.3 Å². The van der Waals surface area contributed by atoms with Crippen molar-refractivity contribution >= 4 is 31.8 Å². The molecule has 0 amide bonds. The van der Waals surface area contributed by atoms with Crippen molar-refractivity contribution in [3.63, 3.8) is 0 Å². The van der Waals surface area contributed by atoms with Crippen molar-refractivity contribution in [1.82, 2.24) is 9.71 Å². The molecule has 0 atom stereocenters. The first kappa shape index (κ1) is 18.3. The van der Waals surface area contributed by atoms with Crippen LogP contribution in [-0.2, 0) is 16.6 Å². The molecule has 3 rings (SSSR count). The zero-order chi connectivity index (χ0) is 17.9. The lowest BCUT2D eigenvalue weighted by Crippen LogP contribution is -2.30. The number of nitrogens with one attached hydrogen (secondary N) is 1. The maximum absolute atomic E-state index is 13.8. The molecule has 134 valence electrons. The van der Waals surface area contributed by atoms with Crippen LogP contribution in [0.25, 0.3) is 0 Å². The Labute approximate surface area is 155 Å². The van der Waals surface area contributed by atoms with Crippen LogP contribution in [0, 0.1) is 5.82 Å². The van der Waals surface area contributed by atoms with Gasteiger partial charge in [0.1, 0.15) is 16.5 Å². The number of anilines is 1. The van der Waals surface area contributed by atoms with Crippen molar-refractivity contribution < 1.29 is 12.8 Å². The highest BCUT2D eigenvalue weighted by molar-refractivity contribution is 9.10. The molecule has 1 saturated heterocycles. The minimum absolute atomic E-state index is 0.0810. The molecule has 0 aliphatic carbocycles. The van der Waals surface area contributed by atoms with Crippen LogP contribution in [0.15, 0.2) is 45.9 Å². The molecule has 1 fully saturated rings. The van der Waals surface area contributed by atoms with Crippen molar-refractivity contribution in [3.8, 4) is 0 Å². The monoisotopic (exact) mass is 427 g/mol. The average Bonchev–Trinajstić information content (AvgIpc) is 2.63. The van der Waals surface area contributed by atoms with E-state index in [1.54, 1.807) is 12.3 Å². The van der Waals surface area contributed by atoms with E-state index in [1.807, 2.05) is 6.07 Å². The quantitative estimate of drug-likeness (QED) is 0.793. The molecule has 1 aliphatic rings. The summed E-state index contributed by atoms with van der Waals surface area (Å²) in [6.45, 7) is 2.01. The summed E-state index contributed by atoms with van der Waals surface area (Å²) in [5.41, 5.74) is 0.787. The van der Waals surface area contributed by atoms with E-state index in [9.17, 15) is 12.8 Å². The summed E-state index contributed by atoms with van der Waals surface area (Å²) in [6, 6.07) is 7.48. The standard InChI is InChI=1S/C17H19BrFN3O2S/c18-14-4-5-15(19)16(11-14)25(23,24)21-12-13-6-7-20-17(10-13)22-8-2-1-3-9-22/h4-7,10-11,21H,1-3,8-9,12H2. The fraction of sp³-hybridized carbons (Fsp3) is 0.353. The van der Waals surface area contributed by atoms with E-state index in [1.165, 1.54) is 18.6 Å². The Morgan fingerprint density at radius 1 is 1.16 bits per heavy atom. The van der Waals surface area contributed by atoms with Crippen molar-refractivity contribution in [2.45, 2.75) is 30.7 Å². The Morgan fingerprint density at radius 3 is 2.68 bits per heavy atom. The molecule has 25 heavy (non-hydrogen) atoms.